The molecule has 0 amide bonds. The van der Waals surface area contributed by atoms with E-state index >= 15 is 0 Å². The molecule has 2 rings (SSSR count). The molecule has 0 aliphatic carbocycles. The zero-order chi connectivity index (χ0) is 14.5. The fraction of sp³-hybridized carbons (Fsp3) is 0.385. The van der Waals surface area contributed by atoms with Gasteiger partial charge in [0.05, 0.1) is 5.69 Å². The summed E-state index contributed by atoms with van der Waals surface area (Å²) in [7, 11) is 0. The van der Waals surface area contributed by atoms with Gasteiger partial charge in [-0.05, 0) is 34.9 Å². The molecule has 1 atom stereocenters. The van der Waals surface area contributed by atoms with Gasteiger partial charge in [0.15, 0.2) is 0 Å². The predicted octanol–water partition coefficient (Wildman–Crippen LogP) is 1.57. The largest absolute Gasteiger partial charge is 0.480 e. The van der Waals surface area contributed by atoms with Gasteiger partial charge < -0.3 is 10.4 Å². The van der Waals surface area contributed by atoms with E-state index in [1.807, 2.05) is 44.2 Å². The number of tetrazole rings is 1. The predicted molar refractivity (Wildman–Crippen MR) is 73.7 cm³/mol. The molecule has 0 bridgehead atoms. The summed E-state index contributed by atoms with van der Waals surface area (Å²) in [5.74, 6) is -0.338. The fourth-order valence-electron chi connectivity index (χ4n) is 1.87. The minimum atomic E-state index is -0.915. The van der Waals surface area contributed by atoms with Crippen LogP contribution in [0.2, 0.25) is 0 Å². The van der Waals surface area contributed by atoms with Gasteiger partial charge in [0.1, 0.15) is 6.04 Å². The molecule has 1 unspecified atom stereocenters. The zero-order valence-electron chi connectivity index (χ0n) is 11.4. The maximum atomic E-state index is 11.3. The Balaban J connectivity index is 2.22. The van der Waals surface area contributed by atoms with E-state index in [4.69, 9.17) is 0 Å². The van der Waals surface area contributed by atoms with Gasteiger partial charge in [-0.15, -0.1) is 0 Å². The number of carbonyl (C=O) groups is 1. The summed E-state index contributed by atoms with van der Waals surface area (Å²) in [4.78, 5) is 11.3. The Hall–Kier alpha value is -2.44. The van der Waals surface area contributed by atoms with Crippen molar-refractivity contribution in [3.05, 3.63) is 30.3 Å². The quantitative estimate of drug-likeness (QED) is 0.831. The average Bonchev–Trinajstić information content (AvgIpc) is 2.86. The first-order valence-electron chi connectivity index (χ1n) is 6.41. The van der Waals surface area contributed by atoms with Gasteiger partial charge in [-0.3, -0.25) is 0 Å². The maximum Gasteiger partial charge on any atom is 0.326 e. The third kappa shape index (κ3) is 3.31. The molecule has 1 aromatic carbocycles. The molecule has 0 aliphatic rings. The van der Waals surface area contributed by atoms with Crippen molar-refractivity contribution in [3.8, 4) is 5.69 Å². The van der Waals surface area contributed by atoms with Crippen LogP contribution in [0.4, 0.5) is 5.95 Å². The maximum absolute atomic E-state index is 11.3. The lowest BCUT2D eigenvalue weighted by Gasteiger charge is -2.16. The average molecular weight is 275 g/mol. The van der Waals surface area contributed by atoms with Crippen molar-refractivity contribution in [1.29, 1.82) is 0 Å². The highest BCUT2D eigenvalue weighted by atomic mass is 16.4. The summed E-state index contributed by atoms with van der Waals surface area (Å²) in [6.07, 6.45) is 0.497. The van der Waals surface area contributed by atoms with E-state index in [2.05, 4.69) is 20.8 Å². The second-order valence-electron chi connectivity index (χ2n) is 4.91. The molecule has 1 aromatic heterocycles. The van der Waals surface area contributed by atoms with Crippen molar-refractivity contribution >= 4 is 11.9 Å². The van der Waals surface area contributed by atoms with E-state index in [1.165, 1.54) is 4.68 Å². The van der Waals surface area contributed by atoms with Gasteiger partial charge in [0.25, 0.3) is 0 Å². The molecule has 2 N–H and O–H groups in total. The van der Waals surface area contributed by atoms with Gasteiger partial charge >= 0.3 is 5.97 Å². The van der Waals surface area contributed by atoms with Crippen LogP contribution in [0.1, 0.15) is 20.3 Å². The number of aromatic nitrogens is 4. The molecular formula is C13H17N5O2. The molecule has 0 aliphatic heterocycles. The van der Waals surface area contributed by atoms with Gasteiger partial charge in [0, 0.05) is 0 Å². The first kappa shape index (κ1) is 14.0. The van der Waals surface area contributed by atoms with Crippen LogP contribution in [-0.4, -0.2) is 37.3 Å². The Bertz CT molecular complexity index is 567. The van der Waals surface area contributed by atoms with Crippen molar-refractivity contribution in [1.82, 2.24) is 20.2 Å². The highest BCUT2D eigenvalue weighted by Gasteiger charge is 2.21. The van der Waals surface area contributed by atoms with Crippen LogP contribution in [0.25, 0.3) is 5.69 Å². The van der Waals surface area contributed by atoms with Gasteiger partial charge in [-0.25, -0.2) is 4.79 Å². The Morgan fingerprint density at radius 1 is 1.35 bits per heavy atom. The van der Waals surface area contributed by atoms with Crippen LogP contribution < -0.4 is 5.32 Å². The lowest BCUT2D eigenvalue weighted by molar-refractivity contribution is -0.138. The molecular weight excluding hydrogens is 258 g/mol. The molecule has 0 radical (unpaired) electrons. The van der Waals surface area contributed by atoms with Crippen molar-refractivity contribution < 1.29 is 9.90 Å². The fourth-order valence-corrected chi connectivity index (χ4v) is 1.87. The van der Waals surface area contributed by atoms with E-state index in [1.54, 1.807) is 0 Å². The Morgan fingerprint density at radius 2 is 2.05 bits per heavy atom. The minimum Gasteiger partial charge on any atom is -0.480 e. The Kier molecular flexibility index (Phi) is 4.29. The van der Waals surface area contributed by atoms with Gasteiger partial charge in [-0.1, -0.05) is 37.1 Å². The zero-order valence-corrected chi connectivity index (χ0v) is 11.4. The first-order valence-corrected chi connectivity index (χ1v) is 6.41. The third-order valence-corrected chi connectivity index (χ3v) is 2.78. The van der Waals surface area contributed by atoms with E-state index in [9.17, 15) is 9.90 Å². The number of nitrogens with zero attached hydrogens (tertiary/aromatic N) is 4. The summed E-state index contributed by atoms with van der Waals surface area (Å²) in [6, 6.07) is 8.59. The topological polar surface area (TPSA) is 92.9 Å². The molecule has 0 saturated carbocycles. The van der Waals surface area contributed by atoms with E-state index < -0.39 is 12.0 Å². The number of anilines is 1. The third-order valence-electron chi connectivity index (χ3n) is 2.78. The smallest absolute Gasteiger partial charge is 0.326 e. The monoisotopic (exact) mass is 275 g/mol. The number of hydrogen-bond donors (Lipinski definition) is 2. The van der Waals surface area contributed by atoms with E-state index in [0.717, 1.165) is 5.69 Å². The number of benzene rings is 1. The first-order chi connectivity index (χ1) is 9.58. The number of rotatable bonds is 6. The van der Waals surface area contributed by atoms with Crippen LogP contribution in [-0.2, 0) is 4.79 Å². The normalized spacial score (nSPS) is 12.3. The summed E-state index contributed by atoms with van der Waals surface area (Å²) in [5, 5.41) is 23.5. The van der Waals surface area contributed by atoms with Crippen LogP contribution >= 0.6 is 0 Å². The summed E-state index contributed by atoms with van der Waals surface area (Å²) in [6.45, 7) is 3.94. The molecule has 0 spiro atoms. The van der Waals surface area contributed by atoms with Crippen molar-refractivity contribution in [2.24, 2.45) is 5.92 Å². The second-order valence-corrected chi connectivity index (χ2v) is 4.91. The van der Waals surface area contributed by atoms with Crippen molar-refractivity contribution in [3.63, 3.8) is 0 Å². The summed E-state index contributed by atoms with van der Waals surface area (Å²) in [5.41, 5.74) is 0.772. The second kappa shape index (κ2) is 6.14. The molecule has 20 heavy (non-hydrogen) atoms. The van der Waals surface area contributed by atoms with Crippen molar-refractivity contribution in [2.75, 3.05) is 5.32 Å². The molecule has 7 nitrogen and oxygen atoms in total. The SMILES string of the molecule is CC(C)CC(Nc1nnnn1-c1ccccc1)C(=O)O. The van der Waals surface area contributed by atoms with E-state index in [0.29, 0.717) is 12.4 Å². The van der Waals surface area contributed by atoms with Crippen LogP contribution in [0.3, 0.4) is 0 Å². The Labute approximate surface area is 116 Å². The lowest BCUT2D eigenvalue weighted by Crippen LogP contribution is -2.32. The number of carboxylic acid groups (broad SMARTS) is 1. The number of carboxylic acids is 1. The molecule has 0 saturated heterocycles. The molecule has 2 aromatic rings. The van der Waals surface area contributed by atoms with Crippen LogP contribution in [0.5, 0.6) is 0 Å². The molecule has 1 heterocycles. The number of para-hydroxylation sites is 1. The highest BCUT2D eigenvalue weighted by Crippen LogP contribution is 2.14. The number of hydrogen-bond acceptors (Lipinski definition) is 5. The molecule has 7 heteroatoms. The van der Waals surface area contributed by atoms with Gasteiger partial charge in [-0.2, -0.15) is 4.68 Å². The molecule has 106 valence electrons. The van der Waals surface area contributed by atoms with Crippen molar-refractivity contribution in [2.45, 2.75) is 26.3 Å². The van der Waals surface area contributed by atoms with E-state index in [-0.39, 0.29) is 5.92 Å². The lowest BCUT2D eigenvalue weighted by atomic mass is 10.0. The van der Waals surface area contributed by atoms with Gasteiger partial charge in [0.2, 0.25) is 5.95 Å². The minimum absolute atomic E-state index is 0.254. The summed E-state index contributed by atoms with van der Waals surface area (Å²) >= 11 is 0. The standard InChI is InChI=1S/C13H17N5O2/c1-9(2)8-11(12(19)20)14-13-15-16-17-18(13)10-6-4-3-5-7-10/h3-7,9,11H,8H2,1-2H3,(H,19,20)(H,14,15,17). The number of aliphatic carboxylic acids is 1. The molecule has 0 fully saturated rings. The highest BCUT2D eigenvalue weighted by molar-refractivity contribution is 5.76. The summed E-state index contributed by atoms with van der Waals surface area (Å²) < 4.78 is 1.48. The van der Waals surface area contributed by atoms with Crippen LogP contribution in [0, 0.1) is 5.92 Å². The Morgan fingerprint density at radius 3 is 2.65 bits per heavy atom. The number of nitrogens with one attached hydrogen (secondary N) is 1. The van der Waals surface area contributed by atoms with Crippen LogP contribution in [0.15, 0.2) is 30.3 Å².